The maximum Gasteiger partial charge on any atom is 0.318 e. The maximum atomic E-state index is 12.2. The Balaban J connectivity index is 0.000000130. The van der Waals surface area contributed by atoms with Gasteiger partial charge in [0.05, 0.1) is 94.1 Å². The molecule has 2 unspecified atom stereocenters. The van der Waals surface area contributed by atoms with E-state index in [4.69, 9.17) is 59.6 Å². The van der Waals surface area contributed by atoms with Crippen LogP contribution in [0, 0.1) is 0 Å². The number of aromatic hydroxyl groups is 3. The van der Waals surface area contributed by atoms with Gasteiger partial charge in [-0.2, -0.15) is 29.9 Å². The van der Waals surface area contributed by atoms with Gasteiger partial charge in [0, 0.05) is 235 Å². The predicted octanol–water partition coefficient (Wildman–Crippen LogP) is 10.4. The van der Waals surface area contributed by atoms with Crippen LogP contribution in [0.2, 0.25) is 0 Å². The molecular formula is C112H133N23O13. The maximum absolute atomic E-state index is 12.2. The molecule has 3 atom stereocenters. The summed E-state index contributed by atoms with van der Waals surface area (Å²) >= 11 is 0. The van der Waals surface area contributed by atoms with E-state index in [1.165, 1.54) is 35.6 Å². The van der Waals surface area contributed by atoms with E-state index in [0.29, 0.717) is 142 Å². The van der Waals surface area contributed by atoms with Gasteiger partial charge in [0.25, 0.3) is 0 Å². The second-order valence-corrected chi connectivity index (χ2v) is 38.7. The van der Waals surface area contributed by atoms with Gasteiger partial charge in [0.1, 0.15) is 59.0 Å². The lowest BCUT2D eigenvalue weighted by Crippen LogP contribution is -2.56. The SMILES string of the molecule is C=CC(=O)N1CCN(c2ccnc3c2CCN(c2nc(N)cc4ccccc24)C3)CC1.C=CC(=O)N1CCN(c2nc(OCC(CO)N(C)C)nc3c2CCN(c2cc(O)cc4ccccc24)C3)CC1.C=CC(=O)N1CCN(c2nc(OCCC)nc3c2CCN(c2cc(O)cc4ccccc24)C3)C(CO)C1.C=CC(=O)N1CCN(c2nc(O[C@H](C)CN3CCOCC3)nc3c2CCN(c2cc(O)cc4ccccc24)C3)CC1. The molecule has 0 radical (unpaired) electrons. The van der Waals surface area contributed by atoms with Crippen LogP contribution in [0.3, 0.4) is 0 Å². The Morgan fingerprint density at radius 2 is 0.851 bits per heavy atom. The Bertz CT molecular complexity index is 6850. The summed E-state index contributed by atoms with van der Waals surface area (Å²) in [7, 11) is 3.79. The molecule has 36 heteroatoms. The van der Waals surface area contributed by atoms with Gasteiger partial charge in [-0.3, -0.25) is 29.1 Å². The molecule has 5 aromatic heterocycles. The Morgan fingerprint density at radius 3 is 1.32 bits per heavy atom. The highest BCUT2D eigenvalue weighted by atomic mass is 16.5. The minimum atomic E-state index is -0.288. The van der Waals surface area contributed by atoms with Gasteiger partial charge < -0.3 is 114 Å². The van der Waals surface area contributed by atoms with Gasteiger partial charge in [-0.25, -0.2) is 4.98 Å². The van der Waals surface area contributed by atoms with Crippen LogP contribution in [0.15, 0.2) is 202 Å². The number of hydrogen-bond donors (Lipinski definition) is 6. The number of ether oxygens (including phenoxy) is 4. The number of likely N-dealkylation sites (N-methyl/N-ethyl adjacent to an activating group) is 1. The smallest absolute Gasteiger partial charge is 0.318 e. The molecule has 774 valence electrons. The first-order chi connectivity index (χ1) is 72.0. The number of nitrogen functional groups attached to an aromatic ring is 1. The van der Waals surface area contributed by atoms with E-state index >= 15 is 0 Å². The molecule has 4 amide bonds. The number of anilines is 9. The molecule has 0 spiro atoms. The first-order valence-electron chi connectivity index (χ1n) is 51.3. The molecule has 21 rings (SSSR count). The van der Waals surface area contributed by atoms with Crippen LogP contribution >= 0.6 is 0 Å². The molecule has 7 N–H and O–H groups in total. The molecule has 7 aromatic carbocycles. The van der Waals surface area contributed by atoms with E-state index < -0.39 is 0 Å². The fourth-order valence-electron chi connectivity index (χ4n) is 21.2. The molecule has 148 heavy (non-hydrogen) atoms. The van der Waals surface area contributed by atoms with Crippen LogP contribution < -0.4 is 59.1 Å². The van der Waals surface area contributed by atoms with E-state index in [1.54, 1.807) is 28.0 Å². The highest BCUT2D eigenvalue weighted by Gasteiger charge is 2.38. The predicted molar refractivity (Wildman–Crippen MR) is 578 cm³/mol. The molecule has 12 aromatic rings. The Morgan fingerprint density at radius 1 is 0.439 bits per heavy atom. The minimum Gasteiger partial charge on any atom is -0.508 e. The van der Waals surface area contributed by atoms with Crippen LogP contribution in [0.5, 0.6) is 35.3 Å². The molecule has 14 heterocycles. The van der Waals surface area contributed by atoms with Crippen molar-refractivity contribution in [3.8, 4) is 35.3 Å². The molecule has 0 bridgehead atoms. The molecular weight excluding hydrogens is 1880 g/mol. The Kier molecular flexibility index (Phi) is 32.7. The van der Waals surface area contributed by atoms with Crippen molar-refractivity contribution in [3.63, 3.8) is 0 Å². The summed E-state index contributed by atoms with van der Waals surface area (Å²) in [4.78, 5) is 116. The van der Waals surface area contributed by atoms with Crippen LogP contribution in [0.25, 0.3) is 43.1 Å². The largest absolute Gasteiger partial charge is 0.508 e. The van der Waals surface area contributed by atoms with E-state index in [2.05, 4.69) is 119 Å². The van der Waals surface area contributed by atoms with Crippen molar-refractivity contribution >= 4 is 119 Å². The molecule has 9 aliphatic rings. The molecule has 0 saturated carbocycles. The summed E-state index contributed by atoms with van der Waals surface area (Å²) in [6.07, 6.45) is 11.2. The summed E-state index contributed by atoms with van der Waals surface area (Å²) in [6, 6.07) is 47.8. The standard InChI is InChI=1S/C31H38N6O4.C29H36N6O4.C28H33N5O4.C24H26N6O/c1-3-29(39)35-10-12-36(13-11-35)30-26-8-9-37(28-19-24(38)18-23-6-4-5-7-25(23)28)21-27(26)32-31(33-30)41-22(2)20-34-14-16-40-17-15-34;1-4-27(38)33-11-13-34(14-12-33)28-24-9-10-35(26-16-22(37)15-20-7-5-6-8-23(20)26)17-25(24)30-29(31-28)39-19-21(18-36)32(2)3;1-3-13-37-28-29-24-17-31(25-15-21(35)14-19-7-5-6-8-22(19)25)10-9-23(24)27(30-28)33-12-11-32(26(36)4-2)16-20(33)18-34;1-2-23(31)29-13-11-28(12-14-29)21-7-9-26-20-16-30(10-8-19(20)21)24-18-6-4-3-5-17(18)15-22(25)27-24/h3-7,18-19,22,38H,1,8-17,20-21H2,2H3;4-8,15-16,21,36-37H,1,9-14,17-19H2,2-3H3;4-8,14-15,20,34-35H,2-3,9-13,16-18H2,1H3;2-7,9,15H,1,8,10-14,16H2,(H2,25,27)/t22-;;;/m1.../s1. The quantitative estimate of drug-likeness (QED) is 0.0290. The second kappa shape index (κ2) is 47.1. The number of hydrogen-bond acceptors (Lipinski definition) is 32. The number of phenols is 3. The third-order valence-corrected chi connectivity index (χ3v) is 29.1. The number of nitrogens with two attached hydrogens (primary N) is 1. The van der Waals surface area contributed by atoms with Gasteiger partial charge in [-0.05, 0) is 129 Å². The molecule has 5 fully saturated rings. The summed E-state index contributed by atoms with van der Waals surface area (Å²) in [5.74, 6) is 4.44. The number of nitrogens with zero attached hydrogens (tertiary/aromatic N) is 22. The molecule has 5 saturated heterocycles. The number of aliphatic hydroxyl groups excluding tert-OH is 2. The number of aromatic nitrogens is 8. The van der Waals surface area contributed by atoms with Gasteiger partial charge in [-0.15, -0.1) is 0 Å². The number of piperazine rings is 4. The van der Waals surface area contributed by atoms with Crippen molar-refractivity contribution in [2.24, 2.45) is 0 Å². The van der Waals surface area contributed by atoms with Gasteiger partial charge in [0.15, 0.2) is 0 Å². The van der Waals surface area contributed by atoms with Crippen molar-refractivity contribution in [1.82, 2.24) is 69.3 Å². The monoisotopic (exact) mass is 2010 g/mol. The van der Waals surface area contributed by atoms with Crippen LogP contribution in [0.4, 0.5) is 51.8 Å². The fraction of sp³-hybridized carbons (Fsp3) is 0.393. The number of phenolic OH excluding ortho intramolecular Hbond substituents is 3. The van der Waals surface area contributed by atoms with Gasteiger partial charge >= 0.3 is 18.0 Å². The topological polar surface area (TPSA) is 381 Å². The number of rotatable bonds is 25. The van der Waals surface area contributed by atoms with Crippen LogP contribution in [0.1, 0.15) is 65.3 Å². The lowest BCUT2D eigenvalue weighted by atomic mass is 10.0. The number of morpholine rings is 1. The number of fused-ring (bicyclic) bond motifs is 8. The van der Waals surface area contributed by atoms with Gasteiger partial charge in [0.2, 0.25) is 23.6 Å². The first kappa shape index (κ1) is 103. The number of aliphatic hydroxyl groups is 2. The minimum absolute atomic E-state index is 0.00825. The Hall–Kier alpha value is -15.2. The van der Waals surface area contributed by atoms with Crippen molar-refractivity contribution in [2.75, 3.05) is 243 Å². The number of carbonyl (C=O) groups is 4. The zero-order valence-corrected chi connectivity index (χ0v) is 84.9. The van der Waals surface area contributed by atoms with Crippen molar-refractivity contribution in [1.29, 1.82) is 0 Å². The molecule has 0 aliphatic carbocycles. The number of carbonyl (C=O) groups excluding carboxylic acids is 4. The third kappa shape index (κ3) is 23.4. The fourth-order valence-corrected chi connectivity index (χ4v) is 21.2. The second-order valence-electron chi connectivity index (χ2n) is 38.7. The summed E-state index contributed by atoms with van der Waals surface area (Å²) in [5, 5.41) is 59.7. The van der Waals surface area contributed by atoms with Crippen molar-refractivity contribution < 1.29 is 63.7 Å². The molecule has 36 nitrogen and oxygen atoms in total. The zero-order valence-electron chi connectivity index (χ0n) is 84.9. The normalized spacial score (nSPS) is 17.3. The number of amides is 4. The van der Waals surface area contributed by atoms with E-state index in [0.717, 1.165) is 221 Å². The van der Waals surface area contributed by atoms with E-state index in [9.17, 15) is 44.7 Å². The molecule has 9 aliphatic heterocycles. The third-order valence-electron chi connectivity index (χ3n) is 29.1. The van der Waals surface area contributed by atoms with E-state index in [1.807, 2.05) is 133 Å². The summed E-state index contributed by atoms with van der Waals surface area (Å²) in [6.45, 7) is 38.3. The highest BCUT2D eigenvalue weighted by Crippen LogP contribution is 2.43. The average molecular weight is 2010 g/mol. The average Bonchev–Trinajstić information content (AvgIpc) is 0.765. The van der Waals surface area contributed by atoms with Crippen LogP contribution in [-0.2, 0) is 75.8 Å². The van der Waals surface area contributed by atoms with Crippen molar-refractivity contribution in [2.45, 2.75) is 90.3 Å². The van der Waals surface area contributed by atoms with E-state index in [-0.39, 0.29) is 84.9 Å². The zero-order chi connectivity index (χ0) is 103. The van der Waals surface area contributed by atoms with Gasteiger partial charge in [-0.1, -0.05) is 130 Å². The lowest BCUT2D eigenvalue weighted by Gasteiger charge is -2.42. The lowest BCUT2D eigenvalue weighted by molar-refractivity contribution is -0.127. The van der Waals surface area contributed by atoms with Crippen molar-refractivity contribution in [3.05, 3.63) is 247 Å². The number of benzene rings is 7. The highest BCUT2D eigenvalue weighted by molar-refractivity contribution is 5.99. The summed E-state index contributed by atoms with van der Waals surface area (Å²) < 4.78 is 23.8. The first-order valence-corrected chi connectivity index (χ1v) is 51.3. The number of pyridine rings is 2. The van der Waals surface area contributed by atoms with Crippen LogP contribution in [-0.4, -0.2) is 334 Å². The Labute approximate surface area is 862 Å². The summed E-state index contributed by atoms with van der Waals surface area (Å²) in [5.41, 5.74) is 18.6.